The monoisotopic (exact) mass is 286 g/mol. The molecule has 4 heteroatoms. The minimum atomic E-state index is 0.108. The van der Waals surface area contributed by atoms with Crippen LogP contribution in [0.15, 0.2) is 24.3 Å². The average molecular weight is 287 g/mol. The van der Waals surface area contributed by atoms with Crippen LogP contribution in [0, 0.1) is 0 Å². The van der Waals surface area contributed by atoms with E-state index in [0.29, 0.717) is 0 Å². The topological polar surface area (TPSA) is 29.3 Å². The van der Waals surface area contributed by atoms with Gasteiger partial charge in [0.25, 0.3) is 0 Å². The van der Waals surface area contributed by atoms with Gasteiger partial charge in [-0.3, -0.25) is 4.90 Å². The van der Waals surface area contributed by atoms with Crippen molar-refractivity contribution < 1.29 is 0 Å². The number of nitrogens with zero attached hydrogens (tertiary/aromatic N) is 1. The fourth-order valence-corrected chi connectivity index (χ4v) is 2.83. The zero-order chi connectivity index (χ0) is 13.5. The highest BCUT2D eigenvalue weighted by atomic mass is 35.5. The van der Waals surface area contributed by atoms with E-state index in [9.17, 15) is 0 Å². The van der Waals surface area contributed by atoms with Crippen LogP contribution in [-0.4, -0.2) is 36.5 Å². The number of halogens is 1. The van der Waals surface area contributed by atoms with Gasteiger partial charge in [0.2, 0.25) is 0 Å². The van der Waals surface area contributed by atoms with Gasteiger partial charge in [-0.2, -0.15) is 11.8 Å². The summed E-state index contributed by atoms with van der Waals surface area (Å²) in [6.45, 7) is 3.14. The molecule has 0 saturated carbocycles. The molecule has 2 nitrogen and oxygen atoms in total. The summed E-state index contributed by atoms with van der Waals surface area (Å²) in [6.07, 6.45) is 3.07. The van der Waals surface area contributed by atoms with E-state index in [2.05, 4.69) is 31.2 Å². The summed E-state index contributed by atoms with van der Waals surface area (Å²) < 4.78 is 0. The van der Waals surface area contributed by atoms with E-state index in [0.717, 1.165) is 29.3 Å². The van der Waals surface area contributed by atoms with Crippen molar-refractivity contribution in [2.24, 2.45) is 5.73 Å². The van der Waals surface area contributed by atoms with Crippen LogP contribution in [0.25, 0.3) is 0 Å². The summed E-state index contributed by atoms with van der Waals surface area (Å²) >= 11 is 8.16. The molecular weight excluding hydrogens is 264 g/mol. The van der Waals surface area contributed by atoms with Crippen molar-refractivity contribution in [2.45, 2.75) is 25.4 Å². The van der Waals surface area contributed by atoms with Crippen LogP contribution >= 0.6 is 23.4 Å². The summed E-state index contributed by atoms with van der Waals surface area (Å²) in [4.78, 5) is 2.31. The predicted octanol–water partition coefficient (Wildman–Crippen LogP) is 3.41. The quantitative estimate of drug-likeness (QED) is 0.833. The lowest BCUT2D eigenvalue weighted by atomic mass is 9.96. The normalized spacial score (nSPS) is 14.8. The molecule has 0 amide bonds. The maximum atomic E-state index is 6.31. The zero-order valence-corrected chi connectivity index (χ0v) is 13.0. The second-order valence-electron chi connectivity index (χ2n) is 4.51. The second kappa shape index (κ2) is 8.05. The predicted molar refractivity (Wildman–Crippen MR) is 83.5 cm³/mol. The third-order valence-electron chi connectivity index (χ3n) is 3.22. The van der Waals surface area contributed by atoms with E-state index in [-0.39, 0.29) is 12.1 Å². The van der Waals surface area contributed by atoms with Crippen LogP contribution in [0.5, 0.6) is 0 Å². The van der Waals surface area contributed by atoms with E-state index >= 15 is 0 Å². The number of benzene rings is 1. The van der Waals surface area contributed by atoms with Gasteiger partial charge in [0, 0.05) is 23.4 Å². The molecule has 0 aromatic heterocycles. The number of nitrogens with two attached hydrogens (primary N) is 1. The molecule has 0 fully saturated rings. The lowest BCUT2D eigenvalue weighted by Gasteiger charge is -2.33. The minimum absolute atomic E-state index is 0.108. The molecule has 2 atom stereocenters. The molecule has 1 aromatic rings. The molecule has 18 heavy (non-hydrogen) atoms. The molecule has 1 rings (SSSR count). The second-order valence-corrected chi connectivity index (χ2v) is 5.90. The van der Waals surface area contributed by atoms with Crippen molar-refractivity contribution in [2.75, 3.05) is 25.6 Å². The van der Waals surface area contributed by atoms with Gasteiger partial charge in [-0.1, -0.05) is 36.7 Å². The Balaban J connectivity index is 2.94. The SMILES string of the molecule is CCC(N)C(c1ccccc1Cl)N(C)CCSC. The molecule has 0 heterocycles. The van der Waals surface area contributed by atoms with E-state index in [1.165, 1.54) is 0 Å². The smallest absolute Gasteiger partial charge is 0.0511 e. The van der Waals surface area contributed by atoms with Crippen LogP contribution in [0.2, 0.25) is 5.02 Å². The largest absolute Gasteiger partial charge is 0.326 e. The molecule has 0 saturated heterocycles. The van der Waals surface area contributed by atoms with Gasteiger partial charge in [0.15, 0.2) is 0 Å². The van der Waals surface area contributed by atoms with Gasteiger partial charge in [-0.05, 0) is 31.4 Å². The average Bonchev–Trinajstić information content (AvgIpc) is 2.38. The van der Waals surface area contributed by atoms with Gasteiger partial charge in [0.05, 0.1) is 6.04 Å². The Morgan fingerprint density at radius 3 is 2.61 bits per heavy atom. The van der Waals surface area contributed by atoms with Gasteiger partial charge in [0.1, 0.15) is 0 Å². The molecule has 2 unspecified atom stereocenters. The standard InChI is InChI=1S/C14H23ClN2S/c1-4-13(16)14(17(2)9-10-18-3)11-7-5-6-8-12(11)15/h5-8,13-14H,4,9-10,16H2,1-3H3. The summed E-state index contributed by atoms with van der Waals surface area (Å²) in [7, 11) is 2.12. The van der Waals surface area contributed by atoms with Crippen molar-refractivity contribution in [3.05, 3.63) is 34.9 Å². The number of hydrogen-bond acceptors (Lipinski definition) is 3. The number of hydrogen-bond donors (Lipinski definition) is 1. The van der Waals surface area contributed by atoms with E-state index < -0.39 is 0 Å². The Morgan fingerprint density at radius 2 is 2.06 bits per heavy atom. The van der Waals surface area contributed by atoms with Crippen LogP contribution in [-0.2, 0) is 0 Å². The molecule has 0 radical (unpaired) electrons. The first kappa shape index (κ1) is 15.8. The van der Waals surface area contributed by atoms with Gasteiger partial charge in [-0.25, -0.2) is 0 Å². The Labute approximate surface area is 120 Å². The van der Waals surface area contributed by atoms with Crippen LogP contribution in [0.4, 0.5) is 0 Å². The molecule has 0 aliphatic carbocycles. The number of thioether (sulfide) groups is 1. The maximum absolute atomic E-state index is 6.31. The maximum Gasteiger partial charge on any atom is 0.0511 e. The molecule has 0 aliphatic rings. The highest BCUT2D eigenvalue weighted by Crippen LogP contribution is 2.29. The van der Waals surface area contributed by atoms with Gasteiger partial charge in [-0.15, -0.1) is 0 Å². The Bertz CT molecular complexity index is 359. The van der Waals surface area contributed by atoms with Crippen molar-refractivity contribution in [3.8, 4) is 0 Å². The minimum Gasteiger partial charge on any atom is -0.326 e. The lowest BCUT2D eigenvalue weighted by Crippen LogP contribution is -2.40. The molecule has 0 bridgehead atoms. The summed E-state index contributed by atoms with van der Waals surface area (Å²) in [5.74, 6) is 1.11. The van der Waals surface area contributed by atoms with Crippen LogP contribution < -0.4 is 5.73 Å². The Hall–Kier alpha value is -0.220. The third-order valence-corrected chi connectivity index (χ3v) is 4.16. The summed E-state index contributed by atoms with van der Waals surface area (Å²) in [5, 5.41) is 0.808. The highest BCUT2D eigenvalue weighted by Gasteiger charge is 2.24. The van der Waals surface area contributed by atoms with Gasteiger partial charge < -0.3 is 5.73 Å². The highest BCUT2D eigenvalue weighted by molar-refractivity contribution is 7.98. The zero-order valence-electron chi connectivity index (χ0n) is 11.4. The van der Waals surface area contributed by atoms with Crippen molar-refractivity contribution in [3.63, 3.8) is 0 Å². The number of rotatable bonds is 7. The molecule has 0 spiro atoms. The lowest BCUT2D eigenvalue weighted by molar-refractivity contribution is 0.221. The third kappa shape index (κ3) is 4.16. The first-order chi connectivity index (χ1) is 8.61. The Morgan fingerprint density at radius 1 is 1.39 bits per heavy atom. The van der Waals surface area contributed by atoms with Crippen LogP contribution in [0.1, 0.15) is 24.9 Å². The number of likely N-dealkylation sites (N-methyl/N-ethyl adjacent to an activating group) is 1. The molecule has 0 aliphatic heterocycles. The fourth-order valence-electron chi connectivity index (χ4n) is 2.11. The van der Waals surface area contributed by atoms with Crippen molar-refractivity contribution in [1.82, 2.24) is 4.90 Å². The summed E-state index contributed by atoms with van der Waals surface area (Å²) in [5.41, 5.74) is 7.42. The van der Waals surface area contributed by atoms with Gasteiger partial charge >= 0.3 is 0 Å². The van der Waals surface area contributed by atoms with Crippen molar-refractivity contribution in [1.29, 1.82) is 0 Å². The van der Waals surface area contributed by atoms with Crippen LogP contribution in [0.3, 0.4) is 0 Å². The van der Waals surface area contributed by atoms with E-state index in [4.69, 9.17) is 17.3 Å². The molecule has 2 N–H and O–H groups in total. The van der Waals surface area contributed by atoms with E-state index in [1.54, 1.807) is 0 Å². The first-order valence-electron chi connectivity index (χ1n) is 6.31. The van der Waals surface area contributed by atoms with E-state index in [1.807, 2.05) is 30.0 Å². The Kier molecular flexibility index (Phi) is 7.08. The first-order valence-corrected chi connectivity index (χ1v) is 8.08. The molecule has 1 aromatic carbocycles. The molecular formula is C14H23ClN2S. The fraction of sp³-hybridized carbons (Fsp3) is 0.571. The summed E-state index contributed by atoms with van der Waals surface area (Å²) in [6, 6.07) is 8.31. The molecule has 102 valence electrons. The van der Waals surface area contributed by atoms with Crippen molar-refractivity contribution >= 4 is 23.4 Å².